The normalized spacial score (nSPS) is 9.57. The Balaban J connectivity index is 0.00000149. The fraction of sp³-hybridized carbons (Fsp3) is 0.529. The van der Waals surface area contributed by atoms with E-state index in [1.165, 1.54) is 0 Å². The van der Waals surface area contributed by atoms with Crippen molar-refractivity contribution in [3.63, 3.8) is 0 Å². The Morgan fingerprint density at radius 3 is 1.61 bits per heavy atom. The van der Waals surface area contributed by atoms with E-state index in [0.717, 1.165) is 25.7 Å². The fourth-order valence-corrected chi connectivity index (χ4v) is 1.61. The third-order valence-corrected chi connectivity index (χ3v) is 2.83. The number of unbranched alkanes of at least 4 members (excludes halogenated alkanes) is 2. The van der Waals surface area contributed by atoms with Crippen LogP contribution < -0.4 is 0 Å². The smallest absolute Gasteiger partial charge is 0.339 e. The van der Waals surface area contributed by atoms with E-state index in [0.29, 0.717) is 13.2 Å². The van der Waals surface area contributed by atoms with Crippen molar-refractivity contribution in [1.29, 1.82) is 0 Å². The molecule has 0 saturated carbocycles. The lowest BCUT2D eigenvalue weighted by Gasteiger charge is -2.09. The zero-order valence-corrected chi connectivity index (χ0v) is 15.1. The first-order chi connectivity index (χ1) is 11.1. The molecule has 23 heavy (non-hydrogen) atoms. The molecule has 0 heterocycles. The Kier molecular flexibility index (Phi) is 13.3. The van der Waals surface area contributed by atoms with Gasteiger partial charge < -0.3 is 14.6 Å². The maximum absolute atomic E-state index is 11.9. The van der Waals surface area contributed by atoms with Gasteiger partial charge in [0.05, 0.1) is 30.7 Å². The second-order valence-electron chi connectivity index (χ2n) is 4.71. The summed E-state index contributed by atoms with van der Waals surface area (Å²) < 4.78 is 10.3. The fourth-order valence-electron chi connectivity index (χ4n) is 1.61. The van der Waals surface area contributed by atoms with Crippen molar-refractivity contribution in [2.24, 2.45) is 0 Å². The van der Waals surface area contributed by atoms with Crippen molar-refractivity contribution in [2.75, 3.05) is 19.6 Å². The lowest BCUT2D eigenvalue weighted by atomic mass is 10.1. The summed E-state index contributed by atoms with van der Waals surface area (Å²) in [5.41, 5.74) is 0.537. The second-order valence-corrected chi connectivity index (χ2v) is 5.07. The first kappa shape index (κ1) is 21.6. The lowest BCUT2D eigenvalue weighted by Crippen LogP contribution is -2.14. The molecule has 1 N–H and O–H groups in total. The van der Waals surface area contributed by atoms with E-state index >= 15 is 0 Å². The molecule has 0 aliphatic carbocycles. The Morgan fingerprint density at radius 2 is 1.30 bits per heavy atom. The van der Waals surface area contributed by atoms with E-state index in [9.17, 15) is 9.59 Å². The molecule has 0 aromatic heterocycles. The van der Waals surface area contributed by atoms with Crippen molar-refractivity contribution in [3.8, 4) is 0 Å². The highest BCUT2D eigenvalue weighted by molar-refractivity contribution is 7.16. The zero-order chi connectivity index (χ0) is 17.5. The van der Waals surface area contributed by atoms with Gasteiger partial charge in [-0.25, -0.2) is 9.59 Å². The number of hydrogen-bond acceptors (Lipinski definition) is 5. The minimum Gasteiger partial charge on any atom is -0.462 e. The van der Waals surface area contributed by atoms with Crippen LogP contribution in [0.25, 0.3) is 0 Å². The highest BCUT2D eigenvalue weighted by atomic mass is 31.0. The Hall–Kier alpha value is -1.45. The molecule has 0 spiro atoms. The van der Waals surface area contributed by atoms with Gasteiger partial charge in [0.25, 0.3) is 0 Å². The molecule has 0 radical (unpaired) electrons. The minimum atomic E-state index is -0.471. The number of carbonyl (C=O) groups is 2. The van der Waals surface area contributed by atoms with Crippen LogP contribution in [0.5, 0.6) is 0 Å². The lowest BCUT2D eigenvalue weighted by molar-refractivity contribution is 0.0452. The van der Waals surface area contributed by atoms with Gasteiger partial charge in [0.15, 0.2) is 0 Å². The van der Waals surface area contributed by atoms with Gasteiger partial charge in [-0.2, -0.15) is 0 Å². The van der Waals surface area contributed by atoms with Crippen molar-refractivity contribution in [3.05, 3.63) is 35.4 Å². The van der Waals surface area contributed by atoms with Crippen LogP contribution in [0, 0.1) is 0 Å². The Bertz CT molecular complexity index is 421. The predicted octanol–water partition coefficient (Wildman–Crippen LogP) is 3.41. The van der Waals surface area contributed by atoms with E-state index in [1.807, 2.05) is 13.8 Å². The van der Waals surface area contributed by atoms with Gasteiger partial charge in [-0.15, -0.1) is 9.24 Å². The number of aliphatic hydroxyl groups is 1. The zero-order valence-electron chi connectivity index (χ0n) is 13.9. The number of esters is 2. The molecular formula is C17H27O5P. The monoisotopic (exact) mass is 342 g/mol. The van der Waals surface area contributed by atoms with E-state index in [2.05, 4.69) is 9.24 Å². The van der Waals surface area contributed by atoms with E-state index in [1.54, 1.807) is 24.3 Å². The summed E-state index contributed by atoms with van der Waals surface area (Å²) in [5.74, 6) is -0.942. The minimum absolute atomic E-state index is 0.167. The molecule has 1 aromatic carbocycles. The van der Waals surface area contributed by atoms with Crippen molar-refractivity contribution >= 4 is 21.2 Å². The van der Waals surface area contributed by atoms with Crippen LogP contribution in [0.2, 0.25) is 0 Å². The molecule has 0 aliphatic rings. The summed E-state index contributed by atoms with van der Waals surface area (Å²) in [6, 6.07) is 6.59. The molecule has 5 nitrogen and oxygen atoms in total. The molecule has 0 saturated heterocycles. The third-order valence-electron chi connectivity index (χ3n) is 2.83. The SMILES string of the molecule is CCCCOC(=O)c1ccccc1C(=O)OCCCC.OCP. The van der Waals surface area contributed by atoms with E-state index in [4.69, 9.17) is 14.6 Å². The molecule has 1 aromatic rings. The number of benzene rings is 1. The van der Waals surface area contributed by atoms with Gasteiger partial charge in [0.1, 0.15) is 0 Å². The maximum Gasteiger partial charge on any atom is 0.339 e. The summed E-state index contributed by atoms with van der Waals surface area (Å²) in [5, 5.41) is 7.53. The van der Waals surface area contributed by atoms with E-state index in [-0.39, 0.29) is 17.5 Å². The highest BCUT2D eigenvalue weighted by Crippen LogP contribution is 2.12. The molecular weight excluding hydrogens is 315 g/mol. The molecule has 0 fully saturated rings. The van der Waals surface area contributed by atoms with Gasteiger partial charge in [0.2, 0.25) is 0 Å². The van der Waals surface area contributed by atoms with Crippen LogP contribution in [-0.2, 0) is 9.47 Å². The van der Waals surface area contributed by atoms with Crippen LogP contribution in [-0.4, -0.2) is 36.6 Å². The van der Waals surface area contributed by atoms with Gasteiger partial charge >= 0.3 is 11.9 Å². The summed E-state index contributed by atoms with van der Waals surface area (Å²) in [7, 11) is 2.13. The molecule has 1 atom stereocenters. The Morgan fingerprint density at radius 1 is 0.957 bits per heavy atom. The molecule has 130 valence electrons. The number of aliphatic hydroxyl groups excluding tert-OH is 1. The van der Waals surface area contributed by atoms with Crippen LogP contribution in [0.1, 0.15) is 60.2 Å². The molecule has 0 amide bonds. The highest BCUT2D eigenvalue weighted by Gasteiger charge is 2.18. The third kappa shape index (κ3) is 9.32. The Labute approximate surface area is 140 Å². The van der Waals surface area contributed by atoms with Crippen LogP contribution >= 0.6 is 9.24 Å². The first-order valence-electron chi connectivity index (χ1n) is 7.86. The van der Waals surface area contributed by atoms with Gasteiger partial charge in [0, 0.05) is 0 Å². The van der Waals surface area contributed by atoms with Gasteiger partial charge in [-0.3, -0.25) is 0 Å². The summed E-state index contributed by atoms with van der Waals surface area (Å²) in [6.45, 7) is 4.78. The van der Waals surface area contributed by atoms with Crippen molar-refractivity contribution < 1.29 is 24.2 Å². The molecule has 6 heteroatoms. The number of hydrogen-bond donors (Lipinski definition) is 1. The predicted molar refractivity (Wildman–Crippen MR) is 93.6 cm³/mol. The molecule has 1 unspecified atom stereocenters. The summed E-state index contributed by atoms with van der Waals surface area (Å²) >= 11 is 0. The average molecular weight is 342 g/mol. The number of carbonyl (C=O) groups excluding carboxylic acids is 2. The maximum atomic E-state index is 11.9. The molecule has 0 bridgehead atoms. The quantitative estimate of drug-likeness (QED) is 0.445. The van der Waals surface area contributed by atoms with Crippen LogP contribution in [0.3, 0.4) is 0 Å². The molecule has 0 aliphatic heterocycles. The van der Waals surface area contributed by atoms with E-state index < -0.39 is 11.9 Å². The largest absolute Gasteiger partial charge is 0.462 e. The first-order valence-corrected chi connectivity index (χ1v) is 8.68. The summed E-state index contributed by atoms with van der Waals surface area (Å²) in [4.78, 5) is 23.9. The molecule has 1 rings (SSSR count). The van der Waals surface area contributed by atoms with Crippen LogP contribution in [0.4, 0.5) is 0 Å². The average Bonchev–Trinajstić information content (AvgIpc) is 2.56. The van der Waals surface area contributed by atoms with Crippen molar-refractivity contribution in [1.82, 2.24) is 0 Å². The van der Waals surface area contributed by atoms with Crippen LogP contribution in [0.15, 0.2) is 24.3 Å². The van der Waals surface area contributed by atoms with Gasteiger partial charge in [-0.1, -0.05) is 38.8 Å². The van der Waals surface area contributed by atoms with Crippen molar-refractivity contribution in [2.45, 2.75) is 39.5 Å². The number of ether oxygens (including phenoxy) is 2. The summed E-state index contributed by atoms with van der Waals surface area (Å²) in [6.07, 6.45) is 3.70. The van der Waals surface area contributed by atoms with Gasteiger partial charge in [-0.05, 0) is 25.0 Å². The second kappa shape index (κ2) is 14.2. The topological polar surface area (TPSA) is 72.8 Å². The number of rotatable bonds is 8. The standard InChI is InChI=1S/C16H22O4.CH5OP/c1-3-5-11-19-15(17)13-9-7-8-10-14(13)16(18)20-12-6-4-2;2-1-3/h7-10H,3-6,11-12H2,1-2H3;2H,1,3H2.